The smallest absolute Gasteiger partial charge is 0.354 e. The van der Waals surface area contributed by atoms with Gasteiger partial charge in [-0.2, -0.15) is 0 Å². The number of fused-ring (bicyclic) bond motifs is 2. The number of hydrogen-bond acceptors (Lipinski definition) is 7. The summed E-state index contributed by atoms with van der Waals surface area (Å²) < 4.78 is 16.9. The van der Waals surface area contributed by atoms with Crippen LogP contribution in [0.4, 0.5) is 10.5 Å². The van der Waals surface area contributed by atoms with Crippen molar-refractivity contribution in [2.75, 3.05) is 5.32 Å². The van der Waals surface area contributed by atoms with Gasteiger partial charge in [0, 0.05) is 11.4 Å². The van der Waals surface area contributed by atoms with Crippen LogP contribution in [0.25, 0.3) is 0 Å². The van der Waals surface area contributed by atoms with Crippen molar-refractivity contribution in [2.45, 2.75) is 75.2 Å². The van der Waals surface area contributed by atoms with Gasteiger partial charge in [-0.25, -0.2) is 19.1 Å². The normalized spacial score (nSPS) is 19.6. The van der Waals surface area contributed by atoms with Gasteiger partial charge in [0.1, 0.15) is 14.8 Å². The number of carbonyl (C=O) groups excluding carboxylic acids is 1. The Hall–Kier alpha value is -1.92. The van der Waals surface area contributed by atoms with Crippen molar-refractivity contribution in [3.63, 3.8) is 0 Å². The van der Waals surface area contributed by atoms with Gasteiger partial charge in [-0.1, -0.05) is 6.92 Å². The summed E-state index contributed by atoms with van der Waals surface area (Å²) in [6.45, 7) is 4.63. The van der Waals surface area contributed by atoms with Gasteiger partial charge in [0.05, 0.1) is 18.0 Å². The molecule has 5 N–H and O–H groups in total. The second kappa shape index (κ2) is 7.89. The molecule has 2 aliphatic rings. The van der Waals surface area contributed by atoms with Crippen molar-refractivity contribution in [2.24, 2.45) is 9.50 Å². The number of nitrogens with two attached hydrogens (primary N) is 1. The quantitative estimate of drug-likeness (QED) is 0.545. The Bertz CT molecular complexity index is 1180. The lowest BCUT2D eigenvalue weighted by Gasteiger charge is -2.15. The standard InChI is InChI=1S/C20H27N5O4S2/c1-10-7-8-12-15(10)22-13-6-4-5-11(13)16(12)24-19(27)25-31(21,29)17-14(9-26)23-18(30-17)20(2,3)28/h10,26,28H,4-9H2,1-3H3,(H3,21,22,24,25,27,29)/t10-,31-/m1/s1. The largest absolute Gasteiger partial charge is 0.390 e. The maximum absolute atomic E-state index is 13.1. The van der Waals surface area contributed by atoms with E-state index >= 15 is 0 Å². The predicted molar refractivity (Wildman–Crippen MR) is 118 cm³/mol. The molecule has 0 saturated carbocycles. The topological polar surface area (TPSA) is 151 Å². The van der Waals surface area contributed by atoms with E-state index in [-0.39, 0.29) is 14.9 Å². The molecule has 0 bridgehead atoms. The first-order valence-corrected chi connectivity index (χ1v) is 12.6. The van der Waals surface area contributed by atoms with E-state index in [1.54, 1.807) is 0 Å². The van der Waals surface area contributed by atoms with Crippen LogP contribution in [0, 0.1) is 0 Å². The third-order valence-electron chi connectivity index (χ3n) is 5.70. The minimum absolute atomic E-state index is 0.0129. The Morgan fingerprint density at radius 2 is 2.06 bits per heavy atom. The van der Waals surface area contributed by atoms with Crippen LogP contribution in [0.15, 0.2) is 8.57 Å². The maximum Gasteiger partial charge on any atom is 0.354 e. The lowest BCUT2D eigenvalue weighted by molar-refractivity contribution is 0.0779. The number of aromatic nitrogens is 2. The fourth-order valence-corrected chi connectivity index (χ4v) is 6.63. The number of aryl methyl sites for hydroxylation is 1. The van der Waals surface area contributed by atoms with E-state index in [4.69, 9.17) is 10.1 Å². The molecular formula is C20H27N5O4S2. The van der Waals surface area contributed by atoms with E-state index in [1.807, 2.05) is 0 Å². The first-order chi connectivity index (χ1) is 14.5. The molecule has 0 aromatic carbocycles. The van der Waals surface area contributed by atoms with Gasteiger partial charge in [0.2, 0.25) is 0 Å². The summed E-state index contributed by atoms with van der Waals surface area (Å²) in [4.78, 5) is 21.8. The number of pyridine rings is 1. The van der Waals surface area contributed by atoms with Crippen LogP contribution in [-0.2, 0) is 41.4 Å². The van der Waals surface area contributed by atoms with Crippen LogP contribution >= 0.6 is 11.3 Å². The predicted octanol–water partition coefficient (Wildman–Crippen LogP) is 2.73. The molecule has 2 heterocycles. The number of nitrogens with zero attached hydrogens (tertiary/aromatic N) is 3. The molecule has 0 radical (unpaired) electrons. The molecule has 0 aliphatic heterocycles. The number of thiazole rings is 1. The second-order valence-corrected chi connectivity index (χ2v) is 11.6. The third-order valence-corrected chi connectivity index (χ3v) is 9.08. The van der Waals surface area contributed by atoms with E-state index in [0.717, 1.165) is 71.6 Å². The lowest BCUT2D eigenvalue weighted by atomic mass is 10.0. The van der Waals surface area contributed by atoms with E-state index in [0.29, 0.717) is 5.92 Å². The number of aliphatic hydroxyl groups excluding tert-OH is 1. The van der Waals surface area contributed by atoms with Crippen LogP contribution in [0.2, 0.25) is 0 Å². The molecule has 2 aromatic heterocycles. The van der Waals surface area contributed by atoms with Crippen molar-refractivity contribution in [3.8, 4) is 0 Å². The molecule has 0 saturated heterocycles. The van der Waals surface area contributed by atoms with E-state index in [9.17, 15) is 19.2 Å². The Morgan fingerprint density at radius 1 is 1.32 bits per heavy atom. The Balaban J connectivity index is 1.71. The lowest BCUT2D eigenvalue weighted by Crippen LogP contribution is -2.19. The van der Waals surface area contributed by atoms with Gasteiger partial charge < -0.3 is 15.5 Å². The average Bonchev–Trinajstić information content (AvgIpc) is 3.39. The number of rotatable bonds is 4. The molecule has 9 nitrogen and oxygen atoms in total. The summed E-state index contributed by atoms with van der Waals surface area (Å²) in [6, 6.07) is -0.809. The first kappa shape index (κ1) is 22.3. The number of amides is 2. The molecule has 0 spiro atoms. The highest BCUT2D eigenvalue weighted by Crippen LogP contribution is 2.41. The Morgan fingerprint density at radius 3 is 2.74 bits per heavy atom. The first-order valence-electron chi connectivity index (χ1n) is 10.2. The van der Waals surface area contributed by atoms with Crippen LogP contribution in [0.1, 0.15) is 72.7 Å². The molecule has 168 valence electrons. The molecule has 2 aliphatic carbocycles. The van der Waals surface area contributed by atoms with Gasteiger partial charge in [-0.3, -0.25) is 4.98 Å². The number of aliphatic hydroxyl groups is 2. The zero-order valence-electron chi connectivity index (χ0n) is 17.8. The zero-order chi connectivity index (χ0) is 22.6. The fourth-order valence-electron chi connectivity index (χ4n) is 4.17. The average molecular weight is 466 g/mol. The minimum atomic E-state index is -3.67. The molecule has 2 aromatic rings. The van der Waals surface area contributed by atoms with Crippen molar-refractivity contribution >= 4 is 33.0 Å². The number of nitrogens with one attached hydrogen (secondary N) is 1. The van der Waals surface area contributed by atoms with Gasteiger partial charge in [0.25, 0.3) is 0 Å². The molecule has 11 heteroatoms. The zero-order valence-corrected chi connectivity index (χ0v) is 19.4. The summed E-state index contributed by atoms with van der Waals surface area (Å²) in [6.07, 6.45) is 4.48. The van der Waals surface area contributed by atoms with Gasteiger partial charge in [-0.15, -0.1) is 15.7 Å². The number of hydrogen-bond donors (Lipinski definition) is 4. The van der Waals surface area contributed by atoms with E-state index in [2.05, 4.69) is 21.6 Å². The monoisotopic (exact) mass is 465 g/mol. The highest BCUT2D eigenvalue weighted by Gasteiger charge is 2.31. The van der Waals surface area contributed by atoms with Gasteiger partial charge in [-0.05, 0) is 63.0 Å². The third kappa shape index (κ3) is 4.12. The van der Waals surface area contributed by atoms with Crippen molar-refractivity contribution in [1.82, 2.24) is 9.97 Å². The van der Waals surface area contributed by atoms with Crippen LogP contribution in [0.5, 0.6) is 0 Å². The molecule has 0 fully saturated rings. The molecular weight excluding hydrogens is 438 g/mol. The molecule has 31 heavy (non-hydrogen) atoms. The van der Waals surface area contributed by atoms with E-state index in [1.165, 1.54) is 13.8 Å². The summed E-state index contributed by atoms with van der Waals surface area (Å²) >= 11 is 0.881. The summed E-state index contributed by atoms with van der Waals surface area (Å²) in [7, 11) is -3.67. The minimum Gasteiger partial charge on any atom is -0.390 e. The molecule has 0 unspecified atom stereocenters. The maximum atomic E-state index is 13.1. The van der Waals surface area contributed by atoms with Crippen molar-refractivity contribution in [1.29, 1.82) is 0 Å². The summed E-state index contributed by atoms with van der Waals surface area (Å²) in [5, 5.41) is 28.8. The highest BCUT2D eigenvalue weighted by molar-refractivity contribution is 7.93. The Kier molecular flexibility index (Phi) is 5.67. The number of carbonyl (C=O) groups is 1. The highest BCUT2D eigenvalue weighted by atomic mass is 32.2. The Labute approximate surface area is 185 Å². The summed E-state index contributed by atoms with van der Waals surface area (Å²) in [5.74, 6) is 0.330. The fraction of sp³-hybridized carbons (Fsp3) is 0.550. The van der Waals surface area contributed by atoms with Crippen molar-refractivity contribution in [3.05, 3.63) is 33.2 Å². The van der Waals surface area contributed by atoms with Gasteiger partial charge >= 0.3 is 6.03 Å². The summed E-state index contributed by atoms with van der Waals surface area (Å²) in [5.41, 5.74) is 3.55. The molecule has 4 rings (SSSR count). The van der Waals surface area contributed by atoms with Crippen molar-refractivity contribution < 1.29 is 19.2 Å². The SMILES string of the molecule is C[C@@H]1CCc2c1nc1c(c2NC(=O)N=[S@@](N)(=O)c2sc(C(C)(C)O)nc2CO)CCC1. The van der Waals surface area contributed by atoms with Gasteiger partial charge in [0.15, 0.2) is 9.92 Å². The second-order valence-electron chi connectivity index (χ2n) is 8.63. The van der Waals surface area contributed by atoms with E-state index < -0.39 is 28.2 Å². The van der Waals surface area contributed by atoms with Crippen LogP contribution < -0.4 is 10.5 Å². The van der Waals surface area contributed by atoms with Crippen LogP contribution in [-0.4, -0.2) is 30.4 Å². The van der Waals surface area contributed by atoms with Crippen LogP contribution in [0.3, 0.4) is 0 Å². The molecule has 2 amide bonds. The number of urea groups is 1. The number of anilines is 1. The molecule has 2 atom stereocenters.